The number of aromatic nitrogens is 2. The lowest BCUT2D eigenvalue weighted by Gasteiger charge is -2.10. The Bertz CT molecular complexity index is 380. The third-order valence-electron chi connectivity index (χ3n) is 2.54. The van der Waals surface area contributed by atoms with Gasteiger partial charge in [0.25, 0.3) is 0 Å². The van der Waals surface area contributed by atoms with Crippen molar-refractivity contribution in [3.8, 4) is 0 Å². The number of carbonyl (C=O) groups is 1. The Labute approximate surface area is 108 Å². The van der Waals surface area contributed by atoms with Gasteiger partial charge in [-0.2, -0.15) is 4.98 Å². The summed E-state index contributed by atoms with van der Waals surface area (Å²) in [5, 5.41) is 6.76. The fourth-order valence-electron chi connectivity index (χ4n) is 1.40. The first-order chi connectivity index (χ1) is 8.43. The Morgan fingerprint density at radius 1 is 1.39 bits per heavy atom. The zero-order valence-corrected chi connectivity index (χ0v) is 11.7. The van der Waals surface area contributed by atoms with E-state index in [1.807, 2.05) is 20.8 Å². The number of hydrogen-bond acceptors (Lipinski definition) is 4. The molecule has 18 heavy (non-hydrogen) atoms. The van der Waals surface area contributed by atoms with E-state index < -0.39 is 0 Å². The summed E-state index contributed by atoms with van der Waals surface area (Å²) in [7, 11) is 0. The van der Waals surface area contributed by atoms with Gasteiger partial charge in [0.15, 0.2) is 5.82 Å². The normalized spacial score (nSPS) is 11.6. The second-order valence-corrected chi connectivity index (χ2v) is 5.47. The van der Waals surface area contributed by atoms with Gasteiger partial charge in [0.2, 0.25) is 11.8 Å². The predicted octanol–water partition coefficient (Wildman–Crippen LogP) is 2.22. The van der Waals surface area contributed by atoms with Crippen LogP contribution in [-0.2, 0) is 16.6 Å². The second kappa shape index (κ2) is 6.52. The van der Waals surface area contributed by atoms with Crippen LogP contribution in [0.15, 0.2) is 4.52 Å². The van der Waals surface area contributed by atoms with Crippen molar-refractivity contribution in [2.75, 3.05) is 6.54 Å². The molecule has 0 radical (unpaired) electrons. The van der Waals surface area contributed by atoms with Crippen LogP contribution in [0.25, 0.3) is 0 Å². The summed E-state index contributed by atoms with van der Waals surface area (Å²) in [4.78, 5) is 15.7. The van der Waals surface area contributed by atoms with E-state index in [2.05, 4.69) is 22.4 Å². The zero-order valence-electron chi connectivity index (χ0n) is 11.7. The van der Waals surface area contributed by atoms with E-state index in [4.69, 9.17) is 4.52 Å². The molecule has 1 aromatic heterocycles. The molecule has 0 aliphatic heterocycles. The van der Waals surface area contributed by atoms with Crippen molar-refractivity contribution >= 4 is 5.91 Å². The van der Waals surface area contributed by atoms with Gasteiger partial charge in [-0.3, -0.25) is 4.79 Å². The lowest BCUT2D eigenvalue weighted by Crippen LogP contribution is -2.25. The Hall–Kier alpha value is -1.39. The number of nitrogens with zero attached hydrogens (tertiary/aromatic N) is 2. The lowest BCUT2D eigenvalue weighted by molar-refractivity contribution is -0.121. The number of amides is 1. The van der Waals surface area contributed by atoms with Crippen molar-refractivity contribution in [3.63, 3.8) is 0 Å². The molecule has 0 unspecified atom stereocenters. The highest BCUT2D eigenvalue weighted by molar-refractivity contribution is 5.75. The van der Waals surface area contributed by atoms with Crippen molar-refractivity contribution in [3.05, 3.63) is 11.7 Å². The molecule has 0 saturated carbocycles. The molecule has 0 aliphatic carbocycles. The first-order valence-corrected chi connectivity index (χ1v) is 6.53. The molecule has 0 bridgehead atoms. The molecule has 1 amide bonds. The van der Waals surface area contributed by atoms with E-state index in [-0.39, 0.29) is 11.3 Å². The van der Waals surface area contributed by atoms with Crippen LogP contribution in [0.2, 0.25) is 0 Å². The van der Waals surface area contributed by atoms with Crippen LogP contribution >= 0.6 is 0 Å². The number of nitrogens with one attached hydrogen (secondary N) is 1. The van der Waals surface area contributed by atoms with Crippen molar-refractivity contribution in [1.29, 1.82) is 0 Å². The van der Waals surface area contributed by atoms with Gasteiger partial charge >= 0.3 is 0 Å². The van der Waals surface area contributed by atoms with Gasteiger partial charge in [-0.15, -0.1) is 0 Å². The van der Waals surface area contributed by atoms with Crippen molar-refractivity contribution < 1.29 is 9.32 Å². The molecule has 0 fully saturated rings. The van der Waals surface area contributed by atoms with E-state index in [1.54, 1.807) is 0 Å². The monoisotopic (exact) mass is 253 g/mol. The molecule has 0 aliphatic rings. The third-order valence-corrected chi connectivity index (χ3v) is 2.54. The molecular formula is C13H23N3O2. The molecule has 1 aromatic rings. The van der Waals surface area contributed by atoms with Gasteiger partial charge in [0, 0.05) is 24.8 Å². The quantitative estimate of drug-likeness (QED) is 0.844. The van der Waals surface area contributed by atoms with Crippen molar-refractivity contribution in [2.24, 2.45) is 0 Å². The van der Waals surface area contributed by atoms with Crippen molar-refractivity contribution in [1.82, 2.24) is 15.5 Å². The third kappa shape index (κ3) is 4.85. The molecule has 0 aromatic carbocycles. The SMILES string of the molecule is CCCCC(=O)NCCc1noc(C(C)(C)C)n1. The molecule has 1 N–H and O–H groups in total. The first-order valence-electron chi connectivity index (χ1n) is 6.53. The van der Waals surface area contributed by atoms with E-state index in [0.717, 1.165) is 12.8 Å². The van der Waals surface area contributed by atoms with Crippen LogP contribution in [0.1, 0.15) is 58.7 Å². The molecule has 5 nitrogen and oxygen atoms in total. The second-order valence-electron chi connectivity index (χ2n) is 5.47. The summed E-state index contributed by atoms with van der Waals surface area (Å²) in [6, 6.07) is 0. The number of rotatable bonds is 6. The average molecular weight is 253 g/mol. The molecule has 1 heterocycles. The average Bonchev–Trinajstić information content (AvgIpc) is 2.74. The maximum absolute atomic E-state index is 11.4. The summed E-state index contributed by atoms with van der Waals surface area (Å²) in [6.07, 6.45) is 3.17. The van der Waals surface area contributed by atoms with E-state index in [0.29, 0.717) is 31.1 Å². The van der Waals surface area contributed by atoms with Crippen molar-refractivity contribution in [2.45, 2.75) is 58.8 Å². The van der Waals surface area contributed by atoms with E-state index in [1.165, 1.54) is 0 Å². The zero-order chi connectivity index (χ0) is 13.6. The Kier molecular flexibility index (Phi) is 5.31. The minimum Gasteiger partial charge on any atom is -0.356 e. The minimum atomic E-state index is -0.129. The molecule has 5 heteroatoms. The number of carbonyl (C=O) groups excluding carboxylic acids is 1. The van der Waals surface area contributed by atoms with Gasteiger partial charge in [0.1, 0.15) is 0 Å². The van der Waals surface area contributed by atoms with Crippen LogP contribution in [0, 0.1) is 0 Å². The Balaban J connectivity index is 2.32. The van der Waals surface area contributed by atoms with Gasteiger partial charge in [-0.25, -0.2) is 0 Å². The first kappa shape index (κ1) is 14.7. The summed E-state index contributed by atoms with van der Waals surface area (Å²) in [5.74, 6) is 1.38. The highest BCUT2D eigenvalue weighted by Crippen LogP contribution is 2.19. The van der Waals surface area contributed by atoms with Crippen LogP contribution in [0.3, 0.4) is 0 Å². The van der Waals surface area contributed by atoms with Gasteiger partial charge < -0.3 is 9.84 Å². The van der Waals surface area contributed by atoms with Crippen LogP contribution in [0.4, 0.5) is 0 Å². The maximum Gasteiger partial charge on any atom is 0.232 e. The maximum atomic E-state index is 11.4. The topological polar surface area (TPSA) is 68.0 Å². The summed E-state index contributed by atoms with van der Waals surface area (Å²) < 4.78 is 5.18. The number of hydrogen-bond donors (Lipinski definition) is 1. The molecule has 0 spiro atoms. The molecule has 0 saturated heterocycles. The lowest BCUT2D eigenvalue weighted by atomic mass is 9.97. The fraction of sp³-hybridized carbons (Fsp3) is 0.769. The van der Waals surface area contributed by atoms with Crippen LogP contribution in [0.5, 0.6) is 0 Å². The largest absolute Gasteiger partial charge is 0.356 e. The fourth-order valence-corrected chi connectivity index (χ4v) is 1.40. The number of unbranched alkanes of at least 4 members (excludes halogenated alkanes) is 1. The Morgan fingerprint density at radius 3 is 2.67 bits per heavy atom. The molecule has 0 atom stereocenters. The summed E-state index contributed by atoms with van der Waals surface area (Å²) >= 11 is 0. The van der Waals surface area contributed by atoms with E-state index in [9.17, 15) is 4.79 Å². The highest BCUT2D eigenvalue weighted by atomic mass is 16.5. The summed E-state index contributed by atoms with van der Waals surface area (Å²) in [6.45, 7) is 8.71. The van der Waals surface area contributed by atoms with Crippen LogP contribution in [-0.4, -0.2) is 22.6 Å². The smallest absolute Gasteiger partial charge is 0.232 e. The standard InChI is InChI=1S/C13H23N3O2/c1-5-6-7-11(17)14-9-8-10-15-12(18-16-10)13(2,3)4/h5-9H2,1-4H3,(H,14,17). The summed E-state index contributed by atoms with van der Waals surface area (Å²) in [5.41, 5.74) is -0.129. The van der Waals surface area contributed by atoms with E-state index >= 15 is 0 Å². The minimum absolute atomic E-state index is 0.0939. The van der Waals surface area contributed by atoms with Crippen LogP contribution < -0.4 is 5.32 Å². The van der Waals surface area contributed by atoms with Gasteiger partial charge in [-0.05, 0) is 6.42 Å². The highest BCUT2D eigenvalue weighted by Gasteiger charge is 2.21. The molecule has 102 valence electrons. The molecular weight excluding hydrogens is 230 g/mol. The Morgan fingerprint density at radius 2 is 2.11 bits per heavy atom. The van der Waals surface area contributed by atoms with Gasteiger partial charge in [0.05, 0.1) is 0 Å². The predicted molar refractivity (Wildman–Crippen MR) is 69.2 cm³/mol. The molecule has 1 rings (SSSR count). The van der Waals surface area contributed by atoms with Gasteiger partial charge in [-0.1, -0.05) is 39.3 Å².